The van der Waals surface area contributed by atoms with E-state index in [1.165, 1.54) is 0 Å². The average Bonchev–Trinajstić information content (AvgIpc) is 3.10. The minimum atomic E-state index is -0.309. The molecule has 0 radical (unpaired) electrons. The van der Waals surface area contributed by atoms with Crippen LogP contribution in [0.25, 0.3) is 45.3 Å². The van der Waals surface area contributed by atoms with Gasteiger partial charge in [0, 0.05) is 22.3 Å². The van der Waals surface area contributed by atoms with E-state index in [9.17, 15) is 9.59 Å². The molecule has 11 heteroatoms. The molecule has 0 saturated carbocycles. The fourth-order valence-corrected chi connectivity index (χ4v) is 5.64. The number of nitrogens with one attached hydrogen (secondary N) is 2. The number of nitrogens with zero attached hydrogens (tertiary/aromatic N) is 4. The Bertz CT molecular complexity index is 2000. The molecule has 0 amide bonds. The summed E-state index contributed by atoms with van der Waals surface area (Å²) < 4.78 is 17.9. The van der Waals surface area contributed by atoms with Gasteiger partial charge in [-0.1, -0.05) is 60.7 Å². The zero-order chi connectivity index (χ0) is 34.3. The van der Waals surface area contributed by atoms with Crippen LogP contribution in [0.2, 0.25) is 0 Å². The van der Waals surface area contributed by atoms with Gasteiger partial charge < -0.3 is 24.2 Å². The van der Waals surface area contributed by atoms with E-state index < -0.39 is 0 Å². The summed E-state index contributed by atoms with van der Waals surface area (Å²) in [6.07, 6.45) is 0. The number of rotatable bonds is 12. The molecule has 248 valence electrons. The Morgan fingerprint density at radius 2 is 0.857 bits per heavy atom. The molecule has 0 spiro atoms. The van der Waals surface area contributed by atoms with Crippen LogP contribution in [-0.2, 0) is 4.74 Å². The second-order valence-corrected chi connectivity index (χ2v) is 11.6. The number of H-pyrrole nitrogens is 2. The third kappa shape index (κ3) is 7.63. The first-order chi connectivity index (χ1) is 23.8. The predicted molar refractivity (Wildman–Crippen MR) is 188 cm³/mol. The van der Waals surface area contributed by atoms with Crippen molar-refractivity contribution < 1.29 is 14.2 Å². The Labute approximate surface area is 283 Å². The smallest absolute Gasteiger partial charge is 0.278 e. The van der Waals surface area contributed by atoms with Crippen molar-refractivity contribution in [3.05, 3.63) is 128 Å². The minimum Gasteiger partial charge on any atom is -0.491 e. The summed E-state index contributed by atoms with van der Waals surface area (Å²) in [4.78, 5) is 31.4. The van der Waals surface area contributed by atoms with E-state index in [1.807, 2.05) is 113 Å². The second-order valence-electron chi connectivity index (χ2n) is 11.6. The molecule has 6 aromatic rings. The van der Waals surface area contributed by atoms with Gasteiger partial charge in [0.25, 0.3) is 11.1 Å². The monoisotopic (exact) mass is 656 g/mol. The van der Waals surface area contributed by atoms with Gasteiger partial charge in [0.1, 0.15) is 24.7 Å². The Hall–Kier alpha value is -5.94. The van der Waals surface area contributed by atoms with Crippen LogP contribution >= 0.6 is 0 Å². The van der Waals surface area contributed by atoms with Gasteiger partial charge in [-0.25, -0.2) is 0 Å². The first kappa shape index (κ1) is 33.0. The molecule has 0 saturated heterocycles. The number of aromatic nitrogens is 6. The number of aromatic amines is 2. The topological polar surface area (TPSA) is 145 Å². The summed E-state index contributed by atoms with van der Waals surface area (Å²) in [5.41, 5.74) is 6.31. The third-order valence-corrected chi connectivity index (χ3v) is 7.90. The highest BCUT2D eigenvalue weighted by Crippen LogP contribution is 2.30. The summed E-state index contributed by atoms with van der Waals surface area (Å²) in [7, 11) is 0. The molecule has 4 aromatic carbocycles. The molecule has 2 aromatic heterocycles. The van der Waals surface area contributed by atoms with Crippen LogP contribution in [0.3, 0.4) is 0 Å². The Morgan fingerprint density at radius 3 is 1.20 bits per heavy atom. The SMILES string of the molecule is Cc1cc(-c2nnc(-c3ccccc3)[nH]c2=O)cc(C)c1OCCOCCOc1c(C)cc(-c2nnc(-c3ccccc3)[nH]c2=O)cc1C. The summed E-state index contributed by atoms with van der Waals surface area (Å²) in [5, 5.41) is 16.9. The van der Waals surface area contributed by atoms with Crippen LogP contribution in [0.4, 0.5) is 0 Å². The number of ether oxygens (including phenoxy) is 3. The summed E-state index contributed by atoms with van der Waals surface area (Å²) in [5.74, 6) is 2.31. The van der Waals surface area contributed by atoms with E-state index >= 15 is 0 Å². The first-order valence-electron chi connectivity index (χ1n) is 15.9. The van der Waals surface area contributed by atoms with Crippen LogP contribution in [0, 0.1) is 27.7 Å². The van der Waals surface area contributed by atoms with Crippen molar-refractivity contribution in [1.82, 2.24) is 30.4 Å². The molecule has 0 aliphatic carbocycles. The molecule has 2 N–H and O–H groups in total. The van der Waals surface area contributed by atoms with Crippen molar-refractivity contribution in [3.63, 3.8) is 0 Å². The zero-order valence-electron chi connectivity index (χ0n) is 27.7. The lowest BCUT2D eigenvalue weighted by Gasteiger charge is -2.15. The molecule has 0 aliphatic rings. The number of benzene rings is 4. The van der Waals surface area contributed by atoms with E-state index in [-0.39, 0.29) is 22.5 Å². The predicted octanol–water partition coefficient (Wildman–Crippen LogP) is 6.02. The molecule has 0 aliphatic heterocycles. The maximum absolute atomic E-state index is 12.9. The van der Waals surface area contributed by atoms with Crippen LogP contribution in [0.1, 0.15) is 22.3 Å². The molecule has 0 atom stereocenters. The van der Waals surface area contributed by atoms with Crippen molar-refractivity contribution in [2.75, 3.05) is 26.4 Å². The Balaban J connectivity index is 0.994. The highest BCUT2D eigenvalue weighted by Gasteiger charge is 2.15. The number of aryl methyl sites for hydroxylation is 4. The van der Waals surface area contributed by atoms with Crippen molar-refractivity contribution in [2.45, 2.75) is 27.7 Å². The maximum Gasteiger partial charge on any atom is 0.278 e. The fraction of sp³-hybridized carbons (Fsp3) is 0.211. The molecule has 0 unspecified atom stereocenters. The van der Waals surface area contributed by atoms with Gasteiger partial charge in [-0.05, 0) is 74.2 Å². The Kier molecular flexibility index (Phi) is 10.0. The second kappa shape index (κ2) is 14.9. The highest BCUT2D eigenvalue weighted by molar-refractivity contribution is 5.65. The van der Waals surface area contributed by atoms with Gasteiger partial charge in [-0.2, -0.15) is 0 Å². The standard InChI is InChI=1S/C38H36N6O5/c1-23-19-29(31-37(45)39-35(43-41-31)27-11-7-5-8-12-27)20-24(2)33(23)48-17-15-47-16-18-49-34-25(3)21-30(22-26(34)4)32-38(46)40-36(44-42-32)28-13-9-6-10-14-28/h5-14,19-22H,15-18H2,1-4H3,(H,39,43,45)(H,40,44,46). The fourth-order valence-electron chi connectivity index (χ4n) is 5.64. The van der Waals surface area contributed by atoms with Crippen molar-refractivity contribution in [3.8, 4) is 56.8 Å². The van der Waals surface area contributed by atoms with Crippen LogP contribution in [0.15, 0.2) is 94.5 Å². The molecule has 6 rings (SSSR count). The van der Waals surface area contributed by atoms with E-state index in [0.29, 0.717) is 49.2 Å². The lowest BCUT2D eigenvalue weighted by molar-refractivity contribution is 0.0758. The van der Waals surface area contributed by atoms with E-state index in [1.54, 1.807) is 0 Å². The first-order valence-corrected chi connectivity index (χ1v) is 15.9. The van der Waals surface area contributed by atoms with E-state index in [2.05, 4.69) is 30.4 Å². The van der Waals surface area contributed by atoms with Gasteiger partial charge in [-0.15, -0.1) is 20.4 Å². The van der Waals surface area contributed by atoms with Gasteiger partial charge >= 0.3 is 0 Å². The van der Waals surface area contributed by atoms with Gasteiger partial charge in [0.15, 0.2) is 23.0 Å². The third-order valence-electron chi connectivity index (χ3n) is 7.90. The van der Waals surface area contributed by atoms with Gasteiger partial charge in [0.05, 0.1) is 13.2 Å². The minimum absolute atomic E-state index is 0.251. The summed E-state index contributed by atoms with van der Waals surface area (Å²) in [6.45, 7) is 9.15. The zero-order valence-corrected chi connectivity index (χ0v) is 27.7. The van der Waals surface area contributed by atoms with E-state index in [4.69, 9.17) is 14.2 Å². The van der Waals surface area contributed by atoms with Gasteiger partial charge in [0.2, 0.25) is 0 Å². The van der Waals surface area contributed by atoms with Crippen LogP contribution < -0.4 is 20.6 Å². The number of hydrogen-bond acceptors (Lipinski definition) is 9. The number of hydrogen-bond donors (Lipinski definition) is 2. The molecule has 11 nitrogen and oxygen atoms in total. The summed E-state index contributed by atoms with van der Waals surface area (Å²) >= 11 is 0. The molecule has 49 heavy (non-hydrogen) atoms. The molecular weight excluding hydrogens is 620 g/mol. The van der Waals surface area contributed by atoms with Gasteiger partial charge in [-0.3, -0.25) is 9.59 Å². The maximum atomic E-state index is 12.9. The average molecular weight is 657 g/mol. The molecular formula is C38H36N6O5. The van der Waals surface area contributed by atoms with Crippen LogP contribution in [0.5, 0.6) is 11.5 Å². The van der Waals surface area contributed by atoms with Crippen LogP contribution in [-0.4, -0.2) is 56.8 Å². The lowest BCUT2D eigenvalue weighted by Crippen LogP contribution is -2.15. The quantitative estimate of drug-likeness (QED) is 0.151. The largest absolute Gasteiger partial charge is 0.491 e. The van der Waals surface area contributed by atoms with Crippen molar-refractivity contribution in [1.29, 1.82) is 0 Å². The van der Waals surface area contributed by atoms with Crippen molar-refractivity contribution in [2.24, 2.45) is 0 Å². The van der Waals surface area contributed by atoms with Crippen molar-refractivity contribution >= 4 is 0 Å². The Morgan fingerprint density at radius 1 is 0.490 bits per heavy atom. The molecule has 0 bridgehead atoms. The molecule has 0 fully saturated rings. The lowest BCUT2D eigenvalue weighted by atomic mass is 10.0. The molecule has 2 heterocycles. The summed E-state index contributed by atoms with van der Waals surface area (Å²) in [6, 6.07) is 26.3. The van der Waals surface area contributed by atoms with E-state index in [0.717, 1.165) is 44.9 Å². The highest BCUT2D eigenvalue weighted by atomic mass is 16.5. The normalized spacial score (nSPS) is 11.0.